The predicted octanol–water partition coefficient (Wildman–Crippen LogP) is 4.19. The summed E-state index contributed by atoms with van der Waals surface area (Å²) in [6.07, 6.45) is -8.01. The number of halogens is 6. The van der Waals surface area contributed by atoms with Crippen LogP contribution < -0.4 is 10.6 Å². The molecule has 6 nitrogen and oxygen atoms in total. The molecule has 0 saturated carbocycles. The molecular formula is C23H22F6N2O4. The fourth-order valence-electron chi connectivity index (χ4n) is 4.05. The summed E-state index contributed by atoms with van der Waals surface area (Å²) >= 11 is 0. The number of aromatic carboxylic acids is 1. The Morgan fingerprint density at radius 3 is 1.63 bits per heavy atom. The highest BCUT2D eigenvalue weighted by molar-refractivity contribution is 5.92. The van der Waals surface area contributed by atoms with Crippen LogP contribution in [0.5, 0.6) is 0 Å². The van der Waals surface area contributed by atoms with Gasteiger partial charge in [0.1, 0.15) is 0 Å². The molecule has 190 valence electrons. The first kappa shape index (κ1) is 26.5. The summed E-state index contributed by atoms with van der Waals surface area (Å²) in [5.41, 5.74) is 0.139. The van der Waals surface area contributed by atoms with E-state index in [2.05, 4.69) is 15.4 Å². The van der Waals surface area contributed by atoms with Crippen LogP contribution in [0, 0.1) is 0 Å². The van der Waals surface area contributed by atoms with Crippen molar-refractivity contribution in [2.24, 2.45) is 0 Å². The molecule has 2 aliphatic rings. The van der Waals surface area contributed by atoms with Gasteiger partial charge in [-0.2, -0.15) is 26.3 Å². The zero-order valence-corrected chi connectivity index (χ0v) is 18.5. The lowest BCUT2D eigenvalue weighted by atomic mass is 9.92. The number of methoxy groups -OCH3 is 1. The van der Waals surface area contributed by atoms with E-state index in [0.717, 1.165) is 25.3 Å². The molecule has 0 spiro atoms. The van der Waals surface area contributed by atoms with E-state index in [9.17, 15) is 35.9 Å². The van der Waals surface area contributed by atoms with Gasteiger partial charge >= 0.3 is 24.3 Å². The van der Waals surface area contributed by atoms with E-state index in [1.165, 1.54) is 0 Å². The Labute approximate surface area is 196 Å². The minimum Gasteiger partial charge on any atom is -0.478 e. The number of fused-ring (bicyclic) bond motifs is 2. The molecule has 0 bridgehead atoms. The SMILES string of the molecule is COC(=O)c1cc(C(F)(F)F)cc2c1CCNC2.O=C(O)c1cc(C(F)(F)F)cc2c1CCNC2. The summed E-state index contributed by atoms with van der Waals surface area (Å²) in [6, 6.07) is 3.70. The number of nitrogens with one attached hydrogen (secondary N) is 2. The Balaban J connectivity index is 0.000000196. The summed E-state index contributed by atoms with van der Waals surface area (Å²) in [7, 11) is 1.16. The van der Waals surface area contributed by atoms with Gasteiger partial charge in [0, 0.05) is 13.1 Å². The maximum absolute atomic E-state index is 12.7. The zero-order valence-electron chi connectivity index (χ0n) is 18.5. The second kappa shape index (κ2) is 10.2. The lowest BCUT2D eigenvalue weighted by molar-refractivity contribution is -0.138. The maximum Gasteiger partial charge on any atom is 0.416 e. The van der Waals surface area contributed by atoms with E-state index in [1.54, 1.807) is 0 Å². The molecule has 0 atom stereocenters. The van der Waals surface area contributed by atoms with Crippen molar-refractivity contribution >= 4 is 11.9 Å². The summed E-state index contributed by atoms with van der Waals surface area (Å²) in [6.45, 7) is 1.84. The second-order valence-electron chi connectivity index (χ2n) is 7.97. The molecule has 2 aromatic carbocycles. The minimum atomic E-state index is -4.52. The molecule has 2 heterocycles. The van der Waals surface area contributed by atoms with Crippen molar-refractivity contribution in [1.82, 2.24) is 10.6 Å². The third-order valence-electron chi connectivity index (χ3n) is 5.71. The highest BCUT2D eigenvalue weighted by atomic mass is 19.4. The normalized spacial score (nSPS) is 15.3. The molecule has 4 rings (SSSR count). The Bertz CT molecular complexity index is 1130. The number of alkyl halides is 6. The highest BCUT2D eigenvalue weighted by Gasteiger charge is 2.34. The number of carbonyl (C=O) groups excluding carboxylic acids is 1. The first-order valence-corrected chi connectivity index (χ1v) is 10.5. The molecule has 35 heavy (non-hydrogen) atoms. The molecule has 0 radical (unpaired) electrons. The lowest BCUT2D eigenvalue weighted by Crippen LogP contribution is -2.26. The number of rotatable bonds is 2. The van der Waals surface area contributed by atoms with Gasteiger partial charge in [-0.05, 0) is 72.5 Å². The molecule has 2 aromatic rings. The Hall–Kier alpha value is -3.12. The van der Waals surface area contributed by atoms with Gasteiger partial charge in [-0.1, -0.05) is 0 Å². The Morgan fingerprint density at radius 2 is 1.23 bits per heavy atom. The average Bonchev–Trinajstić information content (AvgIpc) is 2.81. The molecule has 0 unspecified atom stereocenters. The van der Waals surface area contributed by atoms with Crippen LogP contribution >= 0.6 is 0 Å². The van der Waals surface area contributed by atoms with Crippen LogP contribution in [0.3, 0.4) is 0 Å². The number of ether oxygens (including phenoxy) is 1. The summed E-state index contributed by atoms with van der Waals surface area (Å²) < 4.78 is 80.5. The molecule has 12 heteroatoms. The summed E-state index contributed by atoms with van der Waals surface area (Å²) in [4.78, 5) is 22.5. The number of esters is 1. The molecule has 2 aliphatic heterocycles. The van der Waals surface area contributed by atoms with Crippen LogP contribution in [-0.2, 0) is 43.0 Å². The smallest absolute Gasteiger partial charge is 0.416 e. The summed E-state index contributed by atoms with van der Waals surface area (Å²) in [5.74, 6) is -2.03. The Kier molecular flexibility index (Phi) is 7.75. The monoisotopic (exact) mass is 504 g/mol. The van der Waals surface area contributed by atoms with Crippen molar-refractivity contribution in [2.45, 2.75) is 38.3 Å². The third-order valence-corrected chi connectivity index (χ3v) is 5.71. The lowest BCUT2D eigenvalue weighted by Gasteiger charge is -2.21. The predicted molar refractivity (Wildman–Crippen MR) is 112 cm³/mol. The van der Waals surface area contributed by atoms with Crippen LogP contribution in [-0.4, -0.2) is 37.2 Å². The molecule has 0 saturated heterocycles. The standard InChI is InChI=1S/C12H12F3NO2.C11H10F3NO2/c1-18-11(17)10-5-8(12(13,14)15)4-7-6-16-3-2-9(7)10;12-11(13,14)7-3-6-5-15-2-1-8(6)9(4-7)10(16)17/h4-5,16H,2-3,6H2,1H3;3-4,15H,1-2,5H2,(H,16,17). The first-order chi connectivity index (χ1) is 16.3. The van der Waals surface area contributed by atoms with Crippen LogP contribution in [0.15, 0.2) is 24.3 Å². The topological polar surface area (TPSA) is 87.7 Å². The van der Waals surface area contributed by atoms with Crippen molar-refractivity contribution in [1.29, 1.82) is 0 Å². The van der Waals surface area contributed by atoms with Crippen LogP contribution in [0.1, 0.15) is 54.1 Å². The van der Waals surface area contributed by atoms with E-state index >= 15 is 0 Å². The van der Waals surface area contributed by atoms with Crippen LogP contribution in [0.4, 0.5) is 26.3 Å². The van der Waals surface area contributed by atoms with Crippen molar-refractivity contribution in [3.8, 4) is 0 Å². The quantitative estimate of drug-likeness (QED) is 0.420. The zero-order chi connectivity index (χ0) is 26.0. The van der Waals surface area contributed by atoms with Crippen molar-refractivity contribution < 1.29 is 45.8 Å². The number of benzene rings is 2. The van der Waals surface area contributed by atoms with Gasteiger partial charge in [-0.25, -0.2) is 9.59 Å². The molecule has 0 aliphatic carbocycles. The van der Waals surface area contributed by atoms with Gasteiger partial charge in [0.15, 0.2) is 0 Å². The number of hydrogen-bond acceptors (Lipinski definition) is 5. The first-order valence-electron chi connectivity index (χ1n) is 10.5. The number of carbonyl (C=O) groups is 2. The number of carboxylic acid groups (broad SMARTS) is 1. The van der Waals surface area contributed by atoms with Gasteiger partial charge in [-0.15, -0.1) is 0 Å². The third kappa shape index (κ3) is 6.12. The fourth-order valence-corrected chi connectivity index (χ4v) is 4.05. The van der Waals surface area contributed by atoms with E-state index < -0.39 is 35.4 Å². The molecule has 3 N–H and O–H groups in total. The number of hydrogen-bond donors (Lipinski definition) is 3. The molecule has 0 amide bonds. The molecule has 0 fully saturated rings. The summed E-state index contributed by atoms with van der Waals surface area (Å²) in [5, 5.41) is 14.9. The molecular weight excluding hydrogens is 482 g/mol. The van der Waals surface area contributed by atoms with Gasteiger partial charge < -0.3 is 20.5 Å². The fraction of sp³-hybridized carbons (Fsp3) is 0.391. The van der Waals surface area contributed by atoms with Gasteiger partial charge in [0.05, 0.1) is 29.4 Å². The number of carboxylic acids is 1. The van der Waals surface area contributed by atoms with Gasteiger partial charge in [0.25, 0.3) is 0 Å². The van der Waals surface area contributed by atoms with Gasteiger partial charge in [0.2, 0.25) is 0 Å². The van der Waals surface area contributed by atoms with Crippen LogP contribution in [0.2, 0.25) is 0 Å². The second-order valence-corrected chi connectivity index (χ2v) is 7.97. The average molecular weight is 504 g/mol. The van der Waals surface area contributed by atoms with Crippen molar-refractivity contribution in [3.63, 3.8) is 0 Å². The van der Waals surface area contributed by atoms with E-state index in [1.807, 2.05) is 0 Å². The van der Waals surface area contributed by atoms with Crippen molar-refractivity contribution in [2.75, 3.05) is 20.2 Å². The van der Waals surface area contributed by atoms with E-state index in [4.69, 9.17) is 5.11 Å². The highest BCUT2D eigenvalue weighted by Crippen LogP contribution is 2.34. The van der Waals surface area contributed by atoms with E-state index in [0.29, 0.717) is 60.8 Å². The van der Waals surface area contributed by atoms with Crippen molar-refractivity contribution in [3.05, 3.63) is 68.8 Å². The molecule has 0 aromatic heterocycles. The minimum absolute atomic E-state index is 0.0174. The van der Waals surface area contributed by atoms with Gasteiger partial charge in [-0.3, -0.25) is 0 Å². The maximum atomic E-state index is 12.7. The largest absolute Gasteiger partial charge is 0.478 e. The Morgan fingerprint density at radius 1 is 0.800 bits per heavy atom. The van der Waals surface area contributed by atoms with Crippen LogP contribution in [0.25, 0.3) is 0 Å². The van der Waals surface area contributed by atoms with E-state index in [-0.39, 0.29) is 17.7 Å².